The Hall–Kier alpha value is -1.36. The van der Waals surface area contributed by atoms with E-state index >= 15 is 0 Å². The zero-order valence-corrected chi connectivity index (χ0v) is 15.4. The Morgan fingerprint density at radius 2 is 2.05 bits per heavy atom. The third-order valence-electron chi connectivity index (χ3n) is 3.43. The fourth-order valence-electron chi connectivity index (χ4n) is 1.86. The molecule has 0 aliphatic heterocycles. The summed E-state index contributed by atoms with van der Waals surface area (Å²) in [6.45, 7) is 10.9. The zero-order chi connectivity index (χ0) is 16.6. The van der Waals surface area contributed by atoms with E-state index in [2.05, 4.69) is 61.7 Å². The van der Waals surface area contributed by atoms with Gasteiger partial charge in [0.1, 0.15) is 5.75 Å². The van der Waals surface area contributed by atoms with E-state index in [0.29, 0.717) is 6.54 Å². The van der Waals surface area contributed by atoms with E-state index in [1.165, 1.54) is 5.56 Å². The number of benzene rings is 1. The van der Waals surface area contributed by atoms with Crippen molar-refractivity contribution in [1.82, 2.24) is 10.6 Å². The van der Waals surface area contributed by atoms with Crippen molar-refractivity contribution >= 4 is 17.7 Å². The average Bonchev–Trinajstić information content (AvgIpc) is 2.50. The number of aryl methyl sites for hydroxylation is 1. The minimum absolute atomic E-state index is 0.178. The first-order chi connectivity index (χ1) is 10.4. The van der Waals surface area contributed by atoms with Gasteiger partial charge in [-0.15, -0.1) is 0 Å². The molecule has 2 N–H and O–H groups in total. The maximum absolute atomic E-state index is 5.44. The van der Waals surface area contributed by atoms with Gasteiger partial charge in [-0.25, -0.2) is 4.99 Å². The lowest BCUT2D eigenvalue weighted by Gasteiger charge is -2.23. The molecule has 22 heavy (non-hydrogen) atoms. The standard InChI is InChI=1S/C17H29N3OS/c1-7-18-16(20-12-17(3,4)22-6)19-11-14-9-8-13(2)10-15(14)21-5/h8-10H,7,11-12H2,1-6H3,(H2,18,19,20). The summed E-state index contributed by atoms with van der Waals surface area (Å²) in [6, 6.07) is 6.21. The van der Waals surface area contributed by atoms with E-state index in [9.17, 15) is 0 Å². The Morgan fingerprint density at radius 3 is 2.64 bits per heavy atom. The summed E-state index contributed by atoms with van der Waals surface area (Å²) in [6.07, 6.45) is 2.13. The van der Waals surface area contributed by atoms with Gasteiger partial charge in [-0.2, -0.15) is 11.8 Å². The van der Waals surface area contributed by atoms with Crippen LogP contribution in [0.2, 0.25) is 0 Å². The average molecular weight is 324 g/mol. The third kappa shape index (κ3) is 6.18. The fraction of sp³-hybridized carbons (Fsp3) is 0.588. The Bertz CT molecular complexity index is 501. The van der Waals surface area contributed by atoms with Crippen LogP contribution < -0.4 is 15.4 Å². The molecule has 0 bridgehead atoms. The molecular formula is C17H29N3OS. The van der Waals surface area contributed by atoms with Gasteiger partial charge in [0.05, 0.1) is 13.7 Å². The number of nitrogens with one attached hydrogen (secondary N) is 2. The molecule has 4 nitrogen and oxygen atoms in total. The molecule has 0 atom stereocenters. The maximum atomic E-state index is 5.44. The molecule has 1 rings (SSSR count). The van der Waals surface area contributed by atoms with E-state index in [-0.39, 0.29) is 4.75 Å². The smallest absolute Gasteiger partial charge is 0.191 e. The van der Waals surface area contributed by atoms with E-state index in [0.717, 1.165) is 30.4 Å². The highest BCUT2D eigenvalue weighted by atomic mass is 32.2. The number of methoxy groups -OCH3 is 1. The number of ether oxygens (including phenoxy) is 1. The normalized spacial score (nSPS) is 12.2. The first-order valence-corrected chi connectivity index (χ1v) is 8.85. The lowest BCUT2D eigenvalue weighted by Crippen LogP contribution is -2.43. The van der Waals surface area contributed by atoms with Crippen LogP contribution in [0.3, 0.4) is 0 Å². The van der Waals surface area contributed by atoms with Crippen molar-refractivity contribution < 1.29 is 4.74 Å². The molecule has 124 valence electrons. The largest absolute Gasteiger partial charge is 0.496 e. The fourth-order valence-corrected chi connectivity index (χ4v) is 2.07. The number of thioether (sulfide) groups is 1. The van der Waals surface area contributed by atoms with Crippen molar-refractivity contribution in [2.45, 2.75) is 39.0 Å². The lowest BCUT2D eigenvalue weighted by atomic mass is 10.1. The first-order valence-electron chi connectivity index (χ1n) is 7.62. The monoisotopic (exact) mass is 323 g/mol. The third-order valence-corrected chi connectivity index (χ3v) is 4.68. The highest BCUT2D eigenvalue weighted by molar-refractivity contribution is 7.99. The Balaban J connectivity index is 2.77. The summed E-state index contributed by atoms with van der Waals surface area (Å²) < 4.78 is 5.61. The summed E-state index contributed by atoms with van der Waals surface area (Å²) in [5.41, 5.74) is 2.28. The lowest BCUT2D eigenvalue weighted by molar-refractivity contribution is 0.409. The molecule has 0 amide bonds. The number of nitrogens with zero attached hydrogens (tertiary/aromatic N) is 1. The molecule has 0 radical (unpaired) electrons. The minimum atomic E-state index is 0.178. The van der Waals surface area contributed by atoms with Gasteiger partial charge in [-0.3, -0.25) is 0 Å². The Kier molecular flexibility index (Phi) is 7.59. The number of hydrogen-bond acceptors (Lipinski definition) is 3. The Morgan fingerprint density at radius 1 is 1.32 bits per heavy atom. The van der Waals surface area contributed by atoms with Gasteiger partial charge < -0.3 is 15.4 Å². The van der Waals surface area contributed by atoms with E-state index in [4.69, 9.17) is 4.74 Å². The van der Waals surface area contributed by atoms with Crippen molar-refractivity contribution in [3.63, 3.8) is 0 Å². The predicted octanol–water partition coefficient (Wildman–Crippen LogP) is 3.20. The zero-order valence-electron chi connectivity index (χ0n) is 14.6. The summed E-state index contributed by atoms with van der Waals surface area (Å²) >= 11 is 1.84. The van der Waals surface area contributed by atoms with Gasteiger partial charge in [0.15, 0.2) is 5.96 Å². The molecule has 0 aliphatic carbocycles. The van der Waals surface area contributed by atoms with Crippen LogP contribution in [0, 0.1) is 6.92 Å². The summed E-state index contributed by atoms with van der Waals surface area (Å²) in [5, 5.41) is 6.70. The second kappa shape index (κ2) is 8.93. The molecule has 0 spiro atoms. The van der Waals surface area contributed by atoms with E-state index in [1.54, 1.807) is 7.11 Å². The van der Waals surface area contributed by atoms with Crippen LogP contribution in [0.15, 0.2) is 23.2 Å². The van der Waals surface area contributed by atoms with Crippen LogP contribution in [0.25, 0.3) is 0 Å². The van der Waals surface area contributed by atoms with Crippen molar-refractivity contribution in [3.05, 3.63) is 29.3 Å². The molecule has 0 saturated heterocycles. The molecule has 0 saturated carbocycles. The first kappa shape index (κ1) is 18.7. The topological polar surface area (TPSA) is 45.7 Å². The van der Waals surface area contributed by atoms with E-state index in [1.807, 2.05) is 17.8 Å². The van der Waals surface area contributed by atoms with Crippen molar-refractivity contribution in [3.8, 4) is 5.75 Å². The summed E-state index contributed by atoms with van der Waals surface area (Å²) in [7, 11) is 1.70. The number of rotatable bonds is 7. The molecule has 0 aliphatic rings. The van der Waals surface area contributed by atoms with Gasteiger partial charge >= 0.3 is 0 Å². The number of guanidine groups is 1. The van der Waals surface area contributed by atoms with Gasteiger partial charge in [-0.05, 0) is 45.6 Å². The maximum Gasteiger partial charge on any atom is 0.191 e. The molecule has 0 fully saturated rings. The van der Waals surface area contributed by atoms with Crippen molar-refractivity contribution in [1.29, 1.82) is 0 Å². The van der Waals surface area contributed by atoms with Gasteiger partial charge in [-0.1, -0.05) is 12.1 Å². The predicted molar refractivity (Wildman–Crippen MR) is 98.1 cm³/mol. The molecule has 1 aromatic carbocycles. The summed E-state index contributed by atoms with van der Waals surface area (Å²) in [5.74, 6) is 1.73. The molecule has 1 aromatic rings. The molecule has 0 unspecified atom stereocenters. The van der Waals surface area contributed by atoms with Crippen LogP contribution in [-0.4, -0.2) is 37.2 Å². The van der Waals surface area contributed by atoms with Gasteiger partial charge in [0.25, 0.3) is 0 Å². The number of hydrogen-bond donors (Lipinski definition) is 2. The molecule has 0 heterocycles. The van der Waals surface area contributed by atoms with Crippen LogP contribution >= 0.6 is 11.8 Å². The summed E-state index contributed by atoms with van der Waals surface area (Å²) in [4.78, 5) is 4.66. The molecule has 0 aromatic heterocycles. The van der Waals surface area contributed by atoms with Gasteiger partial charge in [0.2, 0.25) is 0 Å². The highest BCUT2D eigenvalue weighted by Gasteiger charge is 2.16. The van der Waals surface area contributed by atoms with Crippen LogP contribution in [0.4, 0.5) is 0 Å². The molecular weight excluding hydrogens is 294 g/mol. The second-order valence-corrected chi connectivity index (χ2v) is 7.34. The quantitative estimate of drug-likeness (QED) is 0.597. The SMILES string of the molecule is CCNC(=NCc1ccc(C)cc1OC)NCC(C)(C)SC. The van der Waals surface area contributed by atoms with Gasteiger partial charge in [0, 0.05) is 23.4 Å². The van der Waals surface area contributed by atoms with Crippen LogP contribution in [0.1, 0.15) is 31.9 Å². The number of aliphatic imine (C=N–C) groups is 1. The highest BCUT2D eigenvalue weighted by Crippen LogP contribution is 2.21. The van der Waals surface area contributed by atoms with E-state index < -0.39 is 0 Å². The van der Waals surface area contributed by atoms with Crippen molar-refractivity contribution in [2.75, 3.05) is 26.5 Å². The minimum Gasteiger partial charge on any atom is -0.496 e. The second-order valence-electron chi connectivity index (χ2n) is 5.83. The Labute approximate surface area is 139 Å². The molecule has 5 heteroatoms. The van der Waals surface area contributed by atoms with Crippen molar-refractivity contribution in [2.24, 2.45) is 4.99 Å². The van der Waals surface area contributed by atoms with Crippen LogP contribution in [0.5, 0.6) is 5.75 Å². The van der Waals surface area contributed by atoms with Crippen LogP contribution in [-0.2, 0) is 6.54 Å².